The van der Waals surface area contributed by atoms with Gasteiger partial charge < -0.3 is 5.11 Å². The Bertz CT molecular complexity index is 498. The van der Waals surface area contributed by atoms with Crippen molar-refractivity contribution < 1.29 is 61.6 Å². The van der Waals surface area contributed by atoms with Crippen LogP contribution in [-0.2, 0) is 14.3 Å². The molecule has 0 aromatic heterocycles. The lowest BCUT2D eigenvalue weighted by atomic mass is 10.2. The maximum Gasteiger partial charge on any atom is 0.453 e. The van der Waals surface area contributed by atoms with E-state index < -0.39 is 73.2 Å². The monoisotopic (exact) mass is 434 g/mol. The molecule has 160 valence electrons. The molecule has 0 aliphatic carbocycles. The molecule has 0 bridgehead atoms. The van der Waals surface area contributed by atoms with E-state index in [9.17, 15) is 52.3 Å². The van der Waals surface area contributed by atoms with Gasteiger partial charge in [0.1, 0.15) is 0 Å². The fourth-order valence-corrected chi connectivity index (χ4v) is 1.51. The predicted octanol–water partition coefficient (Wildman–Crippen LogP) is 3.90. The summed E-state index contributed by atoms with van der Waals surface area (Å²) < 4.78 is 142. The van der Waals surface area contributed by atoms with Gasteiger partial charge in [-0.3, -0.25) is 4.18 Å². The minimum Gasteiger partial charge on any atom is -0.396 e. The molecule has 0 unspecified atom stereocenters. The molecule has 0 fully saturated rings. The van der Waals surface area contributed by atoms with Crippen LogP contribution in [0.4, 0.5) is 43.9 Å². The van der Waals surface area contributed by atoms with Gasteiger partial charge in [-0.25, -0.2) is 0 Å². The number of hydrogen-bond acceptors (Lipinski definition) is 4. The first-order valence-corrected chi connectivity index (χ1v) is 8.43. The Labute approximate surface area is 142 Å². The number of alkyl halides is 10. The van der Waals surface area contributed by atoms with E-state index in [1.807, 2.05) is 0 Å². The molecule has 4 nitrogen and oxygen atoms in total. The Morgan fingerprint density at radius 1 is 0.769 bits per heavy atom. The van der Waals surface area contributed by atoms with Crippen molar-refractivity contribution in [3.63, 3.8) is 0 Å². The van der Waals surface area contributed by atoms with Crippen molar-refractivity contribution in [1.29, 1.82) is 0 Å². The number of aliphatic hydroxyl groups is 1. The second-order valence-electron chi connectivity index (χ2n) is 4.86. The lowest BCUT2D eigenvalue weighted by Gasteiger charge is -2.18. The van der Waals surface area contributed by atoms with Gasteiger partial charge in [-0.1, -0.05) is 0 Å². The molecule has 0 amide bonds. The summed E-state index contributed by atoms with van der Waals surface area (Å²) in [5.41, 5.74) is 0. The molecule has 0 rings (SSSR count). The molecule has 0 aliphatic heterocycles. The van der Waals surface area contributed by atoms with Crippen molar-refractivity contribution in [2.75, 3.05) is 19.5 Å². The smallest absolute Gasteiger partial charge is 0.396 e. The van der Waals surface area contributed by atoms with E-state index in [0.717, 1.165) is 0 Å². The zero-order valence-corrected chi connectivity index (χ0v) is 13.9. The van der Waals surface area contributed by atoms with Gasteiger partial charge in [0.2, 0.25) is 0 Å². The topological polar surface area (TPSA) is 63.6 Å². The molecule has 0 aliphatic rings. The van der Waals surface area contributed by atoms with Gasteiger partial charge in [0, 0.05) is 19.4 Å². The molecule has 0 saturated heterocycles. The van der Waals surface area contributed by atoms with Crippen LogP contribution in [0.2, 0.25) is 0 Å². The lowest BCUT2D eigenvalue weighted by Crippen LogP contribution is -2.36. The van der Waals surface area contributed by atoms with Crippen LogP contribution < -0.4 is 0 Å². The summed E-state index contributed by atoms with van der Waals surface area (Å²) in [6.07, 6.45) is -14.5. The Morgan fingerprint density at radius 3 is 1.38 bits per heavy atom. The summed E-state index contributed by atoms with van der Waals surface area (Å²) in [5.74, 6) is -9.48. The summed E-state index contributed by atoms with van der Waals surface area (Å²) in [6, 6.07) is 0. The van der Waals surface area contributed by atoms with Gasteiger partial charge in [0.25, 0.3) is 10.1 Å². The molecular formula is C11H16F10O4S. The normalized spacial score (nSPS) is 14.0. The maximum absolute atomic E-state index is 12.2. The van der Waals surface area contributed by atoms with Crippen molar-refractivity contribution >= 4 is 10.1 Å². The predicted molar refractivity (Wildman–Crippen MR) is 68.4 cm³/mol. The molecule has 15 heteroatoms. The molecule has 0 heterocycles. The fraction of sp³-hybridized carbons (Fsp3) is 1.00. The van der Waals surface area contributed by atoms with Crippen molar-refractivity contribution in [3.8, 4) is 0 Å². The molecule has 0 saturated carbocycles. The summed E-state index contributed by atoms with van der Waals surface area (Å²) in [5, 5.41) is 7.99. The van der Waals surface area contributed by atoms with Crippen LogP contribution in [0.1, 0.15) is 25.7 Å². The van der Waals surface area contributed by atoms with E-state index in [4.69, 9.17) is 5.11 Å². The highest BCUT2D eigenvalue weighted by atomic mass is 32.2. The van der Waals surface area contributed by atoms with Crippen LogP contribution in [0.25, 0.3) is 0 Å². The minimum absolute atomic E-state index is 0.549. The van der Waals surface area contributed by atoms with Crippen molar-refractivity contribution in [2.24, 2.45) is 0 Å². The summed E-state index contributed by atoms with van der Waals surface area (Å²) in [6.45, 7) is -1.35. The molecule has 0 aromatic carbocycles. The number of hydrogen-bond donors (Lipinski definition) is 1. The molecule has 0 spiro atoms. The maximum atomic E-state index is 12.2. The first kappa shape index (κ1) is 27.4. The number of halogens is 10. The van der Waals surface area contributed by atoms with Crippen LogP contribution in [0.3, 0.4) is 0 Å². The van der Waals surface area contributed by atoms with Crippen LogP contribution in [0, 0.1) is 0 Å². The van der Waals surface area contributed by atoms with E-state index >= 15 is 0 Å². The van der Waals surface area contributed by atoms with E-state index in [2.05, 4.69) is 4.18 Å². The average molecular weight is 434 g/mol. The van der Waals surface area contributed by atoms with Crippen LogP contribution in [-0.4, -0.2) is 57.2 Å². The van der Waals surface area contributed by atoms with Gasteiger partial charge in [0.15, 0.2) is 0 Å². The van der Waals surface area contributed by atoms with Gasteiger partial charge in [-0.2, -0.15) is 52.3 Å². The van der Waals surface area contributed by atoms with Crippen LogP contribution >= 0.6 is 0 Å². The third-order valence-corrected chi connectivity index (χ3v) is 3.01. The third kappa shape index (κ3) is 11.7. The van der Waals surface area contributed by atoms with E-state index in [-0.39, 0.29) is 0 Å². The Morgan fingerprint density at radius 2 is 1.12 bits per heavy atom. The van der Waals surface area contributed by atoms with Crippen molar-refractivity contribution in [2.45, 2.75) is 49.9 Å². The minimum atomic E-state index is -5.61. The van der Waals surface area contributed by atoms with Gasteiger partial charge in [-0.05, 0) is 12.8 Å². The number of rotatable bonds is 8. The van der Waals surface area contributed by atoms with Gasteiger partial charge >= 0.3 is 24.2 Å². The summed E-state index contributed by atoms with van der Waals surface area (Å²) in [4.78, 5) is 0. The first-order chi connectivity index (χ1) is 11.3. The van der Waals surface area contributed by atoms with Gasteiger partial charge in [-0.15, -0.1) is 0 Å². The largest absolute Gasteiger partial charge is 0.453 e. The van der Waals surface area contributed by atoms with Crippen molar-refractivity contribution in [1.82, 2.24) is 0 Å². The third-order valence-electron chi connectivity index (χ3n) is 2.41. The average Bonchev–Trinajstić information content (AvgIpc) is 2.38. The quantitative estimate of drug-likeness (QED) is 0.358. The van der Waals surface area contributed by atoms with Crippen LogP contribution in [0.5, 0.6) is 0 Å². The second-order valence-corrected chi connectivity index (χ2v) is 6.51. The molecule has 0 atom stereocenters. The highest BCUT2D eigenvalue weighted by molar-refractivity contribution is 7.85. The standard InChI is InChI=1S/C6H9F5O3S.C5H7F5O/c1-15(12,13)14-4-2-3-5(7,8)6(9,10)11;6-4(7,2-1-3-11)5(8,9)10/h2-4H2,1H3;11H,1-3H2. The van der Waals surface area contributed by atoms with Crippen LogP contribution in [0.15, 0.2) is 0 Å². The zero-order chi connectivity index (χ0) is 21.4. The first-order valence-electron chi connectivity index (χ1n) is 6.61. The molecule has 26 heavy (non-hydrogen) atoms. The van der Waals surface area contributed by atoms with Crippen molar-refractivity contribution in [3.05, 3.63) is 0 Å². The second kappa shape index (κ2) is 9.92. The molecule has 0 radical (unpaired) electrons. The summed E-state index contributed by atoms with van der Waals surface area (Å²) in [7, 11) is -3.80. The zero-order valence-electron chi connectivity index (χ0n) is 13.1. The van der Waals surface area contributed by atoms with E-state index in [1.54, 1.807) is 0 Å². The fourth-order valence-electron chi connectivity index (χ4n) is 1.09. The Balaban J connectivity index is 0. The highest BCUT2D eigenvalue weighted by Gasteiger charge is 2.57. The van der Waals surface area contributed by atoms with Gasteiger partial charge in [0.05, 0.1) is 12.9 Å². The molecule has 1 N–H and O–H groups in total. The van der Waals surface area contributed by atoms with E-state index in [1.165, 1.54) is 0 Å². The Kier molecular flexibility index (Phi) is 10.4. The lowest BCUT2D eigenvalue weighted by molar-refractivity contribution is -0.284. The summed E-state index contributed by atoms with van der Waals surface area (Å²) >= 11 is 0. The molecular weight excluding hydrogens is 418 g/mol. The molecule has 0 aromatic rings. The SMILES string of the molecule is CS(=O)(=O)OCCCC(F)(F)C(F)(F)F.OCCCC(F)(F)C(F)(F)F. The van der Waals surface area contributed by atoms with E-state index in [0.29, 0.717) is 6.26 Å². The Hall–Kier alpha value is -0.830. The number of aliphatic hydroxyl groups excluding tert-OH is 1. The highest BCUT2D eigenvalue weighted by Crippen LogP contribution is 2.39.